The third-order valence-electron chi connectivity index (χ3n) is 4.22. The Bertz CT molecular complexity index is 499. The smallest absolute Gasteiger partial charge is 0.192 e. The largest absolute Gasteiger partial charge is 0.497 e. The van der Waals surface area contributed by atoms with Gasteiger partial charge in [0.05, 0.1) is 14.7 Å². The van der Waals surface area contributed by atoms with Gasteiger partial charge in [-0.1, -0.05) is 19.6 Å². The maximum atomic E-state index is 12.7. The lowest BCUT2D eigenvalue weighted by molar-refractivity contribution is 0.0568. The number of methoxy groups -OCH3 is 1. The minimum absolute atomic E-state index is 0.0315. The van der Waals surface area contributed by atoms with Crippen molar-refractivity contribution in [3.05, 3.63) is 29.8 Å². The fourth-order valence-corrected chi connectivity index (χ4v) is 5.29. The van der Waals surface area contributed by atoms with E-state index in [4.69, 9.17) is 9.16 Å². The zero-order valence-corrected chi connectivity index (χ0v) is 16.5. The van der Waals surface area contributed by atoms with Gasteiger partial charge in [-0.15, -0.1) is 0 Å². The molecule has 0 aromatic heterocycles. The summed E-state index contributed by atoms with van der Waals surface area (Å²) < 4.78 is 11.5. The van der Waals surface area contributed by atoms with Crippen LogP contribution >= 0.6 is 0 Å². The van der Waals surface area contributed by atoms with Crippen LogP contribution in [0.3, 0.4) is 0 Å². The van der Waals surface area contributed by atoms with E-state index in [1.807, 2.05) is 26.0 Å². The van der Waals surface area contributed by atoms with Crippen LogP contribution in [0.25, 0.3) is 0 Å². The van der Waals surface area contributed by atoms with Crippen molar-refractivity contribution in [3.63, 3.8) is 0 Å². The van der Waals surface area contributed by atoms with Crippen LogP contribution in [0.2, 0.25) is 32.7 Å². The quantitative estimate of drug-likeness (QED) is 0.578. The molecule has 0 spiro atoms. The molecular formula is C16H28O3Si2. The number of carbonyl (C=O) groups is 1. The van der Waals surface area contributed by atoms with Crippen molar-refractivity contribution >= 4 is 21.2 Å². The molecule has 5 heteroatoms. The minimum Gasteiger partial charge on any atom is -0.497 e. The lowest BCUT2D eigenvalue weighted by Gasteiger charge is -2.41. The molecule has 0 N–H and O–H groups in total. The average Bonchev–Trinajstić information content (AvgIpc) is 2.35. The monoisotopic (exact) mass is 324 g/mol. The molecular weight excluding hydrogens is 296 g/mol. The maximum absolute atomic E-state index is 12.7. The van der Waals surface area contributed by atoms with Gasteiger partial charge in [0.25, 0.3) is 0 Å². The summed E-state index contributed by atoms with van der Waals surface area (Å²) in [4.78, 5) is 12.7. The molecule has 0 amide bonds. The van der Waals surface area contributed by atoms with Crippen molar-refractivity contribution in [2.45, 2.75) is 52.2 Å². The van der Waals surface area contributed by atoms with Gasteiger partial charge in [-0.3, -0.25) is 4.79 Å². The standard InChI is InChI=1S/C16H28O3Si2/c1-16(2,19-21(7,8)20(4,5)6)15(17)13-9-11-14(18-3)12-10-13/h9-12H,1-8H3. The van der Waals surface area contributed by atoms with Crippen LogP contribution < -0.4 is 4.74 Å². The molecule has 1 rings (SSSR count). The van der Waals surface area contributed by atoms with Gasteiger partial charge >= 0.3 is 0 Å². The van der Waals surface area contributed by atoms with E-state index < -0.39 is 21.0 Å². The second kappa shape index (κ2) is 6.06. The van der Waals surface area contributed by atoms with Crippen molar-refractivity contribution < 1.29 is 14.0 Å². The Labute approximate surface area is 130 Å². The van der Waals surface area contributed by atoms with Crippen molar-refractivity contribution in [2.24, 2.45) is 0 Å². The van der Waals surface area contributed by atoms with Gasteiger partial charge in [0.1, 0.15) is 11.4 Å². The zero-order valence-electron chi connectivity index (χ0n) is 14.5. The first-order valence-electron chi connectivity index (χ1n) is 7.30. The fourth-order valence-electron chi connectivity index (χ4n) is 1.93. The molecule has 118 valence electrons. The highest BCUT2D eigenvalue weighted by molar-refractivity contribution is 7.37. The first-order valence-corrected chi connectivity index (χ1v) is 14.7. The van der Waals surface area contributed by atoms with E-state index in [-0.39, 0.29) is 5.78 Å². The van der Waals surface area contributed by atoms with Crippen LogP contribution in [0.15, 0.2) is 24.3 Å². The summed E-state index contributed by atoms with van der Waals surface area (Å²) in [5.74, 6) is 0.783. The van der Waals surface area contributed by atoms with Gasteiger partial charge in [0.15, 0.2) is 13.6 Å². The highest BCUT2D eigenvalue weighted by atomic mass is 29.3. The van der Waals surface area contributed by atoms with Gasteiger partial charge in [0, 0.05) is 5.56 Å². The summed E-state index contributed by atoms with van der Waals surface area (Å²) in [5.41, 5.74) is -0.119. The predicted octanol–water partition coefficient (Wildman–Crippen LogP) is 4.29. The van der Waals surface area contributed by atoms with Crippen molar-refractivity contribution in [1.29, 1.82) is 0 Å². The summed E-state index contributed by atoms with van der Waals surface area (Å²) in [6, 6.07) is 7.22. The molecule has 0 heterocycles. The van der Waals surface area contributed by atoms with E-state index in [1.54, 1.807) is 19.2 Å². The Morgan fingerprint density at radius 3 is 1.86 bits per heavy atom. The molecule has 0 radical (unpaired) electrons. The Hall–Kier alpha value is -0.916. The number of carbonyl (C=O) groups excluding carboxylic acids is 1. The molecule has 1 aromatic carbocycles. The van der Waals surface area contributed by atoms with Gasteiger partial charge in [-0.2, -0.15) is 0 Å². The Balaban J connectivity index is 2.98. The van der Waals surface area contributed by atoms with E-state index in [1.165, 1.54) is 0 Å². The molecule has 0 atom stereocenters. The zero-order chi connectivity index (χ0) is 16.5. The number of Topliss-reactive ketones (excluding diaryl/α,β-unsaturated/α-hetero) is 1. The molecule has 0 saturated carbocycles. The van der Waals surface area contributed by atoms with E-state index >= 15 is 0 Å². The molecule has 0 aliphatic heterocycles. The number of hydrogen-bond donors (Lipinski definition) is 0. The molecule has 0 aliphatic rings. The number of ether oxygens (including phenoxy) is 1. The normalized spacial score (nSPS) is 13.1. The van der Waals surface area contributed by atoms with Gasteiger partial charge < -0.3 is 9.16 Å². The summed E-state index contributed by atoms with van der Waals surface area (Å²) in [7, 11) is -1.66. The Morgan fingerprint density at radius 1 is 1.00 bits per heavy atom. The Morgan fingerprint density at radius 2 is 1.48 bits per heavy atom. The number of rotatable bonds is 6. The predicted molar refractivity (Wildman–Crippen MR) is 93.3 cm³/mol. The van der Waals surface area contributed by atoms with E-state index in [9.17, 15) is 4.79 Å². The van der Waals surface area contributed by atoms with E-state index in [0.29, 0.717) is 5.56 Å². The van der Waals surface area contributed by atoms with Crippen LogP contribution in [0.1, 0.15) is 24.2 Å². The highest BCUT2D eigenvalue weighted by Gasteiger charge is 2.45. The SMILES string of the molecule is COc1ccc(C(=O)C(C)(C)O[Si](C)(C)[Si](C)(C)C)cc1. The summed E-state index contributed by atoms with van der Waals surface area (Å²) >= 11 is 0. The number of hydrogen-bond acceptors (Lipinski definition) is 3. The summed E-state index contributed by atoms with van der Waals surface area (Å²) in [6.07, 6.45) is 0. The lowest BCUT2D eigenvalue weighted by atomic mass is 9.97. The molecule has 1 aromatic rings. The molecule has 21 heavy (non-hydrogen) atoms. The van der Waals surface area contributed by atoms with E-state index in [0.717, 1.165) is 5.75 Å². The fraction of sp³-hybridized carbons (Fsp3) is 0.562. The van der Waals surface area contributed by atoms with Gasteiger partial charge in [-0.05, 0) is 51.2 Å². The summed E-state index contributed by atoms with van der Waals surface area (Å²) in [6.45, 7) is 15.2. The highest BCUT2D eigenvalue weighted by Crippen LogP contribution is 2.28. The van der Waals surface area contributed by atoms with Crippen LogP contribution in [0, 0.1) is 0 Å². The molecule has 3 nitrogen and oxygen atoms in total. The van der Waals surface area contributed by atoms with Crippen molar-refractivity contribution in [1.82, 2.24) is 0 Å². The maximum Gasteiger partial charge on any atom is 0.192 e. The first-order chi connectivity index (χ1) is 9.40. The molecule has 0 saturated heterocycles. The minimum atomic E-state index is -1.86. The third-order valence-corrected chi connectivity index (χ3v) is 20.0. The van der Waals surface area contributed by atoms with Crippen LogP contribution in [0.4, 0.5) is 0 Å². The average molecular weight is 325 g/mol. The van der Waals surface area contributed by atoms with Crippen molar-refractivity contribution in [3.8, 4) is 5.75 Å². The third kappa shape index (κ3) is 4.28. The van der Waals surface area contributed by atoms with Crippen LogP contribution in [-0.4, -0.2) is 33.9 Å². The van der Waals surface area contributed by atoms with Crippen molar-refractivity contribution in [2.75, 3.05) is 7.11 Å². The van der Waals surface area contributed by atoms with Crippen LogP contribution in [-0.2, 0) is 4.43 Å². The van der Waals surface area contributed by atoms with Gasteiger partial charge in [0.2, 0.25) is 0 Å². The second-order valence-corrected chi connectivity index (χ2v) is 23.3. The molecule has 0 aliphatic carbocycles. The molecule has 0 bridgehead atoms. The molecule has 0 fully saturated rings. The Kier molecular flexibility index (Phi) is 5.24. The number of ketones is 1. The van der Waals surface area contributed by atoms with Gasteiger partial charge in [-0.25, -0.2) is 0 Å². The van der Waals surface area contributed by atoms with E-state index in [2.05, 4.69) is 32.7 Å². The first kappa shape index (κ1) is 18.1. The summed E-state index contributed by atoms with van der Waals surface area (Å²) in [5, 5.41) is 0. The van der Waals surface area contributed by atoms with Crippen LogP contribution in [0.5, 0.6) is 5.75 Å². The number of benzene rings is 1. The lowest BCUT2D eigenvalue weighted by Crippen LogP contribution is -2.59. The molecule has 0 unspecified atom stereocenters. The topological polar surface area (TPSA) is 35.5 Å². The second-order valence-electron chi connectivity index (χ2n) is 7.43.